The van der Waals surface area contributed by atoms with Crippen molar-refractivity contribution in [3.05, 3.63) is 0 Å². The van der Waals surface area contributed by atoms with E-state index in [1.165, 1.54) is 0 Å². The zero-order valence-electron chi connectivity index (χ0n) is 7.67. The van der Waals surface area contributed by atoms with Crippen molar-refractivity contribution in [1.29, 1.82) is 0 Å². The topological polar surface area (TPSA) is 65.7 Å². The van der Waals surface area contributed by atoms with Crippen LogP contribution in [0.1, 0.15) is 12.8 Å². The molecule has 1 atom stereocenters. The van der Waals surface area contributed by atoms with Gasteiger partial charge >= 0.3 is 0 Å². The largest absolute Gasteiger partial charge is 0.309 e. The molecule has 0 bridgehead atoms. The minimum Gasteiger partial charge on any atom is -0.309 e. The van der Waals surface area contributed by atoms with E-state index < -0.39 is 0 Å². The van der Waals surface area contributed by atoms with Gasteiger partial charge in [-0.1, -0.05) is 0 Å². The van der Waals surface area contributed by atoms with Gasteiger partial charge in [-0.05, 0) is 27.1 Å². The SMILES string of the molecule is CN(C)CCCC1=NC(N)NN1. The van der Waals surface area contributed by atoms with Crippen LogP contribution in [0.4, 0.5) is 0 Å². The fourth-order valence-electron chi connectivity index (χ4n) is 1.08. The molecule has 0 aromatic rings. The molecule has 0 fully saturated rings. The van der Waals surface area contributed by atoms with Crippen LogP contribution in [0.25, 0.3) is 0 Å². The molecule has 0 radical (unpaired) electrons. The third-order valence-corrected chi connectivity index (χ3v) is 1.68. The van der Waals surface area contributed by atoms with Gasteiger partial charge in [-0.2, -0.15) is 5.43 Å². The zero-order valence-corrected chi connectivity index (χ0v) is 7.67. The summed E-state index contributed by atoms with van der Waals surface area (Å²) in [5.41, 5.74) is 11.2. The van der Waals surface area contributed by atoms with E-state index in [1.54, 1.807) is 0 Å². The highest BCUT2D eigenvalue weighted by Crippen LogP contribution is 1.96. The Kier molecular flexibility index (Phi) is 3.46. The molecular weight excluding hydrogens is 154 g/mol. The van der Waals surface area contributed by atoms with Crippen LogP contribution < -0.4 is 16.6 Å². The maximum absolute atomic E-state index is 5.49. The summed E-state index contributed by atoms with van der Waals surface area (Å²) >= 11 is 0. The van der Waals surface area contributed by atoms with Crippen molar-refractivity contribution in [2.75, 3.05) is 20.6 Å². The number of aliphatic imine (C=N–C) groups is 1. The van der Waals surface area contributed by atoms with Gasteiger partial charge in [0.25, 0.3) is 0 Å². The number of nitrogens with one attached hydrogen (secondary N) is 2. The van der Waals surface area contributed by atoms with Gasteiger partial charge in [0.15, 0.2) is 6.29 Å². The van der Waals surface area contributed by atoms with E-state index in [1.807, 2.05) is 0 Å². The van der Waals surface area contributed by atoms with Gasteiger partial charge in [-0.15, -0.1) is 0 Å². The number of rotatable bonds is 4. The van der Waals surface area contributed by atoms with Crippen LogP contribution in [0.5, 0.6) is 0 Å². The Morgan fingerprint density at radius 2 is 2.33 bits per heavy atom. The second kappa shape index (κ2) is 4.39. The highest BCUT2D eigenvalue weighted by molar-refractivity contribution is 5.83. The monoisotopic (exact) mass is 171 g/mol. The predicted molar refractivity (Wildman–Crippen MR) is 49.5 cm³/mol. The summed E-state index contributed by atoms with van der Waals surface area (Å²) < 4.78 is 0. The number of hydrogen-bond acceptors (Lipinski definition) is 5. The standard InChI is InChI=1S/C7H17N5/c1-12(2)5-3-4-6-9-7(8)11-10-6/h7,11H,3-5,8H2,1-2H3,(H,9,10). The van der Waals surface area contributed by atoms with E-state index in [0.717, 1.165) is 25.2 Å². The van der Waals surface area contributed by atoms with E-state index in [9.17, 15) is 0 Å². The van der Waals surface area contributed by atoms with Gasteiger partial charge in [-0.3, -0.25) is 5.73 Å². The molecule has 0 saturated carbocycles. The number of hydrazine groups is 1. The Labute approximate surface area is 73.0 Å². The summed E-state index contributed by atoms with van der Waals surface area (Å²) in [6.07, 6.45) is 1.80. The van der Waals surface area contributed by atoms with Crippen molar-refractivity contribution < 1.29 is 0 Å². The second-order valence-electron chi connectivity index (χ2n) is 3.20. The Hall–Kier alpha value is -0.650. The first-order chi connectivity index (χ1) is 5.68. The first kappa shape index (κ1) is 9.44. The van der Waals surface area contributed by atoms with Crippen molar-refractivity contribution in [3.63, 3.8) is 0 Å². The van der Waals surface area contributed by atoms with Crippen molar-refractivity contribution in [1.82, 2.24) is 15.8 Å². The Balaban J connectivity index is 2.11. The lowest BCUT2D eigenvalue weighted by molar-refractivity contribution is 0.403. The number of nitrogens with zero attached hydrogens (tertiary/aromatic N) is 2. The molecule has 1 aliphatic rings. The number of nitrogens with two attached hydrogens (primary N) is 1. The third-order valence-electron chi connectivity index (χ3n) is 1.68. The average Bonchev–Trinajstić information content (AvgIpc) is 2.35. The van der Waals surface area contributed by atoms with Gasteiger partial charge in [0.05, 0.1) is 0 Å². The molecule has 0 saturated heterocycles. The van der Waals surface area contributed by atoms with E-state index >= 15 is 0 Å². The molecule has 0 spiro atoms. The summed E-state index contributed by atoms with van der Waals surface area (Å²) in [5.74, 6) is 0.962. The van der Waals surface area contributed by atoms with Crippen LogP contribution >= 0.6 is 0 Å². The van der Waals surface area contributed by atoms with Gasteiger partial charge in [0.1, 0.15) is 5.84 Å². The predicted octanol–water partition coefficient (Wildman–Crippen LogP) is -0.923. The molecule has 0 amide bonds. The molecule has 12 heavy (non-hydrogen) atoms. The lowest BCUT2D eigenvalue weighted by Crippen LogP contribution is -2.39. The molecule has 1 heterocycles. The summed E-state index contributed by atoms with van der Waals surface area (Å²) in [7, 11) is 4.13. The molecule has 0 aromatic heterocycles. The Morgan fingerprint density at radius 3 is 2.83 bits per heavy atom. The van der Waals surface area contributed by atoms with Gasteiger partial charge in [0, 0.05) is 6.42 Å². The van der Waals surface area contributed by atoms with Crippen LogP contribution in [-0.2, 0) is 0 Å². The van der Waals surface area contributed by atoms with Crippen molar-refractivity contribution >= 4 is 5.84 Å². The summed E-state index contributed by atoms with van der Waals surface area (Å²) in [5, 5.41) is 0. The highest BCUT2D eigenvalue weighted by atomic mass is 15.5. The third kappa shape index (κ3) is 3.17. The zero-order chi connectivity index (χ0) is 8.97. The van der Waals surface area contributed by atoms with Crippen LogP contribution in [-0.4, -0.2) is 37.7 Å². The number of amidine groups is 1. The minimum atomic E-state index is -0.264. The molecule has 5 heteroatoms. The second-order valence-corrected chi connectivity index (χ2v) is 3.20. The summed E-state index contributed by atoms with van der Waals surface area (Å²) in [6.45, 7) is 1.08. The van der Waals surface area contributed by atoms with Crippen LogP contribution in [0.3, 0.4) is 0 Å². The van der Waals surface area contributed by atoms with Crippen LogP contribution in [0, 0.1) is 0 Å². The smallest absolute Gasteiger partial charge is 0.169 e. The maximum atomic E-state index is 5.49. The van der Waals surface area contributed by atoms with Crippen molar-refractivity contribution in [2.24, 2.45) is 10.7 Å². The van der Waals surface area contributed by atoms with E-state index in [4.69, 9.17) is 5.73 Å². The molecule has 0 aliphatic carbocycles. The van der Waals surface area contributed by atoms with Crippen LogP contribution in [0.2, 0.25) is 0 Å². The number of hydrogen-bond donors (Lipinski definition) is 3. The molecule has 0 aromatic carbocycles. The fourth-order valence-corrected chi connectivity index (χ4v) is 1.08. The highest BCUT2D eigenvalue weighted by Gasteiger charge is 2.10. The maximum Gasteiger partial charge on any atom is 0.169 e. The normalized spacial score (nSPS) is 22.7. The van der Waals surface area contributed by atoms with Crippen molar-refractivity contribution in [2.45, 2.75) is 19.1 Å². The molecule has 1 rings (SSSR count). The first-order valence-corrected chi connectivity index (χ1v) is 4.17. The van der Waals surface area contributed by atoms with Crippen molar-refractivity contribution in [3.8, 4) is 0 Å². The van der Waals surface area contributed by atoms with Gasteiger partial charge in [0.2, 0.25) is 0 Å². The van der Waals surface area contributed by atoms with E-state index in [0.29, 0.717) is 0 Å². The lowest BCUT2D eigenvalue weighted by Gasteiger charge is -2.08. The lowest BCUT2D eigenvalue weighted by atomic mass is 10.3. The molecule has 1 aliphatic heterocycles. The first-order valence-electron chi connectivity index (χ1n) is 4.17. The molecular formula is C7H17N5. The Morgan fingerprint density at radius 1 is 1.58 bits per heavy atom. The molecule has 1 unspecified atom stereocenters. The average molecular weight is 171 g/mol. The Bertz CT molecular complexity index is 165. The van der Waals surface area contributed by atoms with Gasteiger partial charge < -0.3 is 10.3 Å². The van der Waals surface area contributed by atoms with Crippen LogP contribution in [0.15, 0.2) is 4.99 Å². The summed E-state index contributed by atoms with van der Waals surface area (Å²) in [6, 6.07) is 0. The quantitative estimate of drug-likeness (QED) is 0.511. The molecule has 5 nitrogen and oxygen atoms in total. The minimum absolute atomic E-state index is 0.264. The molecule has 4 N–H and O–H groups in total. The fraction of sp³-hybridized carbons (Fsp3) is 0.857. The summed E-state index contributed by atoms with van der Waals surface area (Å²) in [4.78, 5) is 6.29. The van der Waals surface area contributed by atoms with E-state index in [2.05, 4.69) is 34.8 Å². The van der Waals surface area contributed by atoms with Gasteiger partial charge in [-0.25, -0.2) is 4.99 Å². The molecule has 70 valence electrons. The van der Waals surface area contributed by atoms with E-state index in [-0.39, 0.29) is 6.29 Å².